The van der Waals surface area contributed by atoms with Crippen molar-refractivity contribution >= 4 is 5.69 Å². The van der Waals surface area contributed by atoms with Crippen molar-refractivity contribution in [3.63, 3.8) is 0 Å². The third kappa shape index (κ3) is 1.25. The number of nitrogens with two attached hydrogens (primary N) is 2. The molecule has 3 nitrogen and oxygen atoms in total. The average Bonchev–Trinajstić information content (AvgIpc) is 2.48. The number of benzene rings is 1. The number of nitrogen functional groups attached to an aromatic ring is 1. The number of ether oxygens (including phenoxy) is 1. The molecule has 1 aliphatic rings. The molecule has 0 radical (unpaired) electrons. The second-order valence-corrected chi connectivity index (χ2v) is 3.43. The van der Waals surface area contributed by atoms with Crippen LogP contribution in [0, 0.1) is 0 Å². The Bertz CT molecular complexity index is 336. The molecule has 1 aromatic rings. The first-order valence-electron chi connectivity index (χ1n) is 4.44. The third-order valence-corrected chi connectivity index (χ3v) is 2.60. The van der Waals surface area contributed by atoms with E-state index in [1.165, 1.54) is 5.56 Å². The lowest BCUT2D eigenvalue weighted by molar-refractivity contribution is 0.414. The van der Waals surface area contributed by atoms with E-state index < -0.39 is 0 Å². The second kappa shape index (κ2) is 2.92. The standard InChI is InChI=1S/C10H14N2O/c1-13-7-4-6-2-3-8(11)10(6)9(12)5-7/h4-5,8H,2-3,11-12H2,1H3/t8-/m1/s1. The minimum Gasteiger partial charge on any atom is -0.497 e. The van der Waals surface area contributed by atoms with Gasteiger partial charge in [0.15, 0.2) is 0 Å². The van der Waals surface area contributed by atoms with Crippen molar-refractivity contribution in [1.82, 2.24) is 0 Å². The maximum atomic E-state index is 5.92. The fraction of sp³-hybridized carbons (Fsp3) is 0.400. The van der Waals surface area contributed by atoms with Gasteiger partial charge in [-0.1, -0.05) is 0 Å². The fourth-order valence-corrected chi connectivity index (χ4v) is 1.94. The monoisotopic (exact) mass is 178 g/mol. The molecule has 1 atom stereocenters. The zero-order valence-corrected chi connectivity index (χ0v) is 7.71. The number of anilines is 1. The molecule has 1 aliphatic carbocycles. The fourth-order valence-electron chi connectivity index (χ4n) is 1.94. The summed E-state index contributed by atoms with van der Waals surface area (Å²) in [6, 6.07) is 3.98. The highest BCUT2D eigenvalue weighted by Gasteiger charge is 2.22. The van der Waals surface area contributed by atoms with E-state index in [2.05, 4.69) is 0 Å². The highest BCUT2D eigenvalue weighted by atomic mass is 16.5. The van der Waals surface area contributed by atoms with E-state index in [1.807, 2.05) is 12.1 Å². The van der Waals surface area contributed by atoms with Gasteiger partial charge in [0, 0.05) is 17.8 Å². The van der Waals surface area contributed by atoms with Crippen molar-refractivity contribution in [3.05, 3.63) is 23.3 Å². The Morgan fingerprint density at radius 2 is 2.23 bits per heavy atom. The zero-order valence-electron chi connectivity index (χ0n) is 7.71. The van der Waals surface area contributed by atoms with Crippen molar-refractivity contribution in [1.29, 1.82) is 0 Å². The first kappa shape index (κ1) is 8.38. The van der Waals surface area contributed by atoms with Gasteiger partial charge in [-0.25, -0.2) is 0 Å². The molecule has 0 saturated carbocycles. The maximum absolute atomic E-state index is 5.92. The SMILES string of the molecule is COc1cc(N)c2c(c1)CC[C@H]2N. The molecule has 0 fully saturated rings. The van der Waals surface area contributed by atoms with Crippen molar-refractivity contribution in [2.75, 3.05) is 12.8 Å². The zero-order chi connectivity index (χ0) is 9.42. The summed E-state index contributed by atoms with van der Waals surface area (Å²) < 4.78 is 5.13. The van der Waals surface area contributed by atoms with Gasteiger partial charge >= 0.3 is 0 Å². The van der Waals surface area contributed by atoms with Crippen LogP contribution in [0.1, 0.15) is 23.6 Å². The molecule has 0 aliphatic heterocycles. The Morgan fingerprint density at radius 1 is 1.46 bits per heavy atom. The Hall–Kier alpha value is -1.22. The molecular weight excluding hydrogens is 164 g/mol. The van der Waals surface area contributed by atoms with E-state index >= 15 is 0 Å². The molecule has 0 saturated heterocycles. The van der Waals surface area contributed by atoms with Gasteiger partial charge in [0.1, 0.15) is 5.75 Å². The lowest BCUT2D eigenvalue weighted by Gasteiger charge is -2.10. The molecule has 13 heavy (non-hydrogen) atoms. The predicted molar refractivity (Wildman–Crippen MR) is 52.7 cm³/mol. The first-order valence-corrected chi connectivity index (χ1v) is 4.44. The topological polar surface area (TPSA) is 61.3 Å². The minimum atomic E-state index is 0.112. The highest BCUT2D eigenvalue weighted by Crippen LogP contribution is 2.36. The summed E-state index contributed by atoms with van der Waals surface area (Å²) in [6.45, 7) is 0. The Morgan fingerprint density at radius 3 is 2.92 bits per heavy atom. The van der Waals surface area contributed by atoms with E-state index in [0.717, 1.165) is 29.8 Å². The molecule has 2 rings (SSSR count). The second-order valence-electron chi connectivity index (χ2n) is 3.43. The van der Waals surface area contributed by atoms with Crippen LogP contribution < -0.4 is 16.2 Å². The Balaban J connectivity index is 2.53. The van der Waals surface area contributed by atoms with Crippen LogP contribution in [0.3, 0.4) is 0 Å². The molecular formula is C10H14N2O. The van der Waals surface area contributed by atoms with Gasteiger partial charge in [-0.3, -0.25) is 0 Å². The molecule has 0 aromatic heterocycles. The van der Waals surface area contributed by atoms with Gasteiger partial charge in [0.25, 0.3) is 0 Å². The van der Waals surface area contributed by atoms with Crippen LogP contribution in [0.15, 0.2) is 12.1 Å². The smallest absolute Gasteiger partial charge is 0.121 e. The van der Waals surface area contributed by atoms with Crippen LogP contribution in [0.5, 0.6) is 5.75 Å². The lowest BCUT2D eigenvalue weighted by atomic mass is 10.1. The maximum Gasteiger partial charge on any atom is 0.121 e. The molecule has 0 unspecified atom stereocenters. The van der Waals surface area contributed by atoms with Crippen molar-refractivity contribution in [3.8, 4) is 5.75 Å². The Kier molecular flexibility index (Phi) is 1.88. The predicted octanol–water partition coefficient (Wildman–Crippen LogP) is 1.22. The number of rotatable bonds is 1. The average molecular weight is 178 g/mol. The first-order chi connectivity index (χ1) is 6.22. The molecule has 0 bridgehead atoms. The summed E-state index contributed by atoms with van der Waals surface area (Å²) in [5, 5.41) is 0. The molecule has 70 valence electrons. The van der Waals surface area contributed by atoms with Crippen LogP contribution in [-0.2, 0) is 6.42 Å². The van der Waals surface area contributed by atoms with Crippen LogP contribution in [0.25, 0.3) is 0 Å². The summed E-state index contributed by atoms with van der Waals surface area (Å²) in [6.07, 6.45) is 2.00. The van der Waals surface area contributed by atoms with E-state index in [4.69, 9.17) is 16.2 Å². The summed E-state index contributed by atoms with van der Waals surface area (Å²) in [5.41, 5.74) is 14.9. The van der Waals surface area contributed by atoms with Crippen LogP contribution in [0.4, 0.5) is 5.69 Å². The normalized spacial score (nSPS) is 20.0. The van der Waals surface area contributed by atoms with Gasteiger partial charge < -0.3 is 16.2 Å². The van der Waals surface area contributed by atoms with Crippen molar-refractivity contribution in [2.24, 2.45) is 5.73 Å². The minimum absolute atomic E-state index is 0.112. The molecule has 0 amide bonds. The summed E-state index contributed by atoms with van der Waals surface area (Å²) in [5.74, 6) is 0.824. The third-order valence-electron chi connectivity index (χ3n) is 2.60. The van der Waals surface area contributed by atoms with E-state index in [1.54, 1.807) is 7.11 Å². The molecule has 4 N–H and O–H groups in total. The number of methoxy groups -OCH3 is 1. The van der Waals surface area contributed by atoms with Gasteiger partial charge in [0.05, 0.1) is 7.11 Å². The van der Waals surface area contributed by atoms with Crippen LogP contribution >= 0.6 is 0 Å². The van der Waals surface area contributed by atoms with Gasteiger partial charge in [-0.2, -0.15) is 0 Å². The van der Waals surface area contributed by atoms with Gasteiger partial charge in [-0.05, 0) is 30.0 Å². The molecule has 1 aromatic carbocycles. The largest absolute Gasteiger partial charge is 0.497 e. The lowest BCUT2D eigenvalue weighted by Crippen LogP contribution is -2.08. The summed E-state index contributed by atoms with van der Waals surface area (Å²) in [4.78, 5) is 0. The highest BCUT2D eigenvalue weighted by molar-refractivity contribution is 5.58. The van der Waals surface area contributed by atoms with Gasteiger partial charge in [0.2, 0.25) is 0 Å². The van der Waals surface area contributed by atoms with Crippen LogP contribution in [-0.4, -0.2) is 7.11 Å². The summed E-state index contributed by atoms with van der Waals surface area (Å²) in [7, 11) is 1.65. The van der Waals surface area contributed by atoms with Gasteiger partial charge in [-0.15, -0.1) is 0 Å². The molecule has 0 spiro atoms. The number of aryl methyl sites for hydroxylation is 1. The van der Waals surface area contributed by atoms with Crippen molar-refractivity contribution in [2.45, 2.75) is 18.9 Å². The molecule has 0 heterocycles. The molecule has 3 heteroatoms. The van der Waals surface area contributed by atoms with E-state index in [-0.39, 0.29) is 6.04 Å². The number of hydrogen-bond donors (Lipinski definition) is 2. The van der Waals surface area contributed by atoms with E-state index in [9.17, 15) is 0 Å². The number of fused-ring (bicyclic) bond motifs is 1. The summed E-state index contributed by atoms with van der Waals surface area (Å²) >= 11 is 0. The van der Waals surface area contributed by atoms with E-state index in [0.29, 0.717) is 0 Å². The number of hydrogen-bond acceptors (Lipinski definition) is 3. The van der Waals surface area contributed by atoms with Crippen LogP contribution in [0.2, 0.25) is 0 Å². The quantitative estimate of drug-likeness (QED) is 0.636. The Labute approximate surface area is 77.7 Å². The van der Waals surface area contributed by atoms with Crippen molar-refractivity contribution < 1.29 is 4.74 Å².